The highest BCUT2D eigenvalue weighted by atomic mass is 79.9. The van der Waals surface area contributed by atoms with Gasteiger partial charge >= 0.3 is 6.03 Å². The van der Waals surface area contributed by atoms with Crippen molar-refractivity contribution in [2.75, 3.05) is 10.6 Å². The molecular formula is C11H13BrN4O2S. The highest BCUT2D eigenvalue weighted by Crippen LogP contribution is 2.25. The number of aromatic nitrogens is 2. The van der Waals surface area contributed by atoms with Crippen LogP contribution in [-0.2, 0) is 5.41 Å². The minimum atomic E-state index is -0.407. The molecule has 0 unspecified atom stereocenters. The third-order valence-electron chi connectivity index (χ3n) is 2.19. The van der Waals surface area contributed by atoms with Crippen molar-refractivity contribution in [2.45, 2.75) is 26.2 Å². The Kier molecular flexibility index (Phi) is 3.91. The lowest BCUT2D eigenvalue weighted by Crippen LogP contribution is -2.19. The van der Waals surface area contributed by atoms with Gasteiger partial charge in [-0.25, -0.2) is 9.78 Å². The summed E-state index contributed by atoms with van der Waals surface area (Å²) in [4.78, 5) is 15.7. The van der Waals surface area contributed by atoms with Gasteiger partial charge in [0, 0.05) is 11.5 Å². The maximum absolute atomic E-state index is 11.7. The average molecular weight is 345 g/mol. The van der Waals surface area contributed by atoms with Gasteiger partial charge in [-0.15, -0.1) is 0 Å². The van der Waals surface area contributed by atoms with Gasteiger partial charge in [0.05, 0.1) is 9.98 Å². The molecule has 0 fully saturated rings. The molecule has 2 heterocycles. The second-order valence-electron chi connectivity index (χ2n) is 4.88. The zero-order valence-electron chi connectivity index (χ0n) is 10.7. The summed E-state index contributed by atoms with van der Waals surface area (Å²) >= 11 is 4.60. The predicted molar refractivity (Wildman–Crippen MR) is 77.7 cm³/mol. The van der Waals surface area contributed by atoms with Crippen molar-refractivity contribution in [3.05, 3.63) is 21.8 Å². The van der Waals surface area contributed by atoms with E-state index in [-0.39, 0.29) is 5.41 Å². The lowest BCUT2D eigenvalue weighted by atomic mass is 9.93. The molecule has 0 saturated carbocycles. The molecule has 2 N–H and O–H groups in total. The van der Waals surface area contributed by atoms with Crippen LogP contribution in [0, 0.1) is 0 Å². The summed E-state index contributed by atoms with van der Waals surface area (Å²) in [6, 6.07) is 1.30. The van der Waals surface area contributed by atoms with Crippen LogP contribution in [0.15, 0.2) is 20.6 Å². The fourth-order valence-corrected chi connectivity index (χ4v) is 2.35. The Morgan fingerprint density at radius 2 is 2.16 bits per heavy atom. The minimum Gasteiger partial charge on any atom is -0.359 e. The lowest BCUT2D eigenvalue weighted by Gasteiger charge is -2.11. The maximum atomic E-state index is 11.7. The third-order valence-corrected chi connectivity index (χ3v) is 3.58. The highest BCUT2D eigenvalue weighted by Gasteiger charge is 2.20. The van der Waals surface area contributed by atoms with E-state index in [9.17, 15) is 4.79 Å². The molecule has 19 heavy (non-hydrogen) atoms. The quantitative estimate of drug-likeness (QED) is 0.867. The standard InChI is InChI=1S/C11H13BrN4O2S/c1-11(2,3)6-4-8(16-18-6)14-9(17)15-10-13-5-7(12)19-10/h4-5H,1-3H3,(H2,13,14,15,16,17). The first-order valence-corrected chi connectivity index (χ1v) is 7.12. The Hall–Kier alpha value is -1.41. The molecule has 8 heteroatoms. The normalized spacial score (nSPS) is 11.4. The Labute approximate surface area is 122 Å². The Balaban J connectivity index is 1.97. The van der Waals surface area contributed by atoms with Crippen LogP contribution in [-0.4, -0.2) is 16.2 Å². The number of nitrogens with one attached hydrogen (secondary N) is 2. The minimum absolute atomic E-state index is 0.149. The van der Waals surface area contributed by atoms with Gasteiger partial charge in [0.15, 0.2) is 10.9 Å². The number of halogens is 1. The van der Waals surface area contributed by atoms with Crippen molar-refractivity contribution in [3.8, 4) is 0 Å². The van der Waals surface area contributed by atoms with Gasteiger partial charge in [0.1, 0.15) is 5.76 Å². The van der Waals surface area contributed by atoms with E-state index in [0.29, 0.717) is 16.7 Å². The van der Waals surface area contributed by atoms with Gasteiger partial charge in [-0.1, -0.05) is 37.3 Å². The molecule has 2 rings (SSSR count). The second kappa shape index (κ2) is 5.30. The molecule has 2 aromatic heterocycles. The van der Waals surface area contributed by atoms with Crippen LogP contribution in [0.5, 0.6) is 0 Å². The summed E-state index contributed by atoms with van der Waals surface area (Å²) < 4.78 is 6.02. The van der Waals surface area contributed by atoms with Crippen LogP contribution in [0.25, 0.3) is 0 Å². The number of hydrogen-bond acceptors (Lipinski definition) is 5. The predicted octanol–water partition coefficient (Wildman–Crippen LogP) is 3.84. The van der Waals surface area contributed by atoms with E-state index in [1.807, 2.05) is 20.8 Å². The lowest BCUT2D eigenvalue weighted by molar-refractivity contribution is 0.262. The molecule has 0 aliphatic rings. The Bertz CT molecular complexity index is 588. The molecule has 0 spiro atoms. The van der Waals surface area contributed by atoms with Crippen LogP contribution in [0.1, 0.15) is 26.5 Å². The number of anilines is 2. The van der Waals surface area contributed by atoms with Gasteiger partial charge in [0.25, 0.3) is 0 Å². The van der Waals surface area contributed by atoms with Crippen molar-refractivity contribution in [1.29, 1.82) is 0 Å². The summed E-state index contributed by atoms with van der Waals surface area (Å²) in [6.07, 6.45) is 1.62. The van der Waals surface area contributed by atoms with Crippen LogP contribution < -0.4 is 10.6 Å². The summed E-state index contributed by atoms with van der Waals surface area (Å²) in [5, 5.41) is 9.49. The number of thiazole rings is 1. The molecular weight excluding hydrogens is 332 g/mol. The highest BCUT2D eigenvalue weighted by molar-refractivity contribution is 9.11. The number of hydrogen-bond donors (Lipinski definition) is 2. The van der Waals surface area contributed by atoms with Gasteiger partial charge < -0.3 is 4.52 Å². The van der Waals surface area contributed by atoms with Gasteiger partial charge in [-0.2, -0.15) is 0 Å². The number of carbonyl (C=O) groups is 1. The SMILES string of the molecule is CC(C)(C)c1cc(NC(=O)Nc2ncc(Br)s2)no1. The van der Waals surface area contributed by atoms with Crippen molar-refractivity contribution in [1.82, 2.24) is 10.1 Å². The molecule has 0 atom stereocenters. The molecule has 2 amide bonds. The third kappa shape index (κ3) is 3.77. The number of rotatable bonds is 2. The van der Waals surface area contributed by atoms with Crippen molar-refractivity contribution < 1.29 is 9.32 Å². The first kappa shape index (κ1) is 14.0. The van der Waals surface area contributed by atoms with Crippen LogP contribution >= 0.6 is 27.3 Å². The smallest absolute Gasteiger partial charge is 0.326 e. The Morgan fingerprint density at radius 1 is 1.42 bits per heavy atom. The van der Waals surface area contributed by atoms with Crippen LogP contribution in [0.2, 0.25) is 0 Å². The second-order valence-corrected chi connectivity index (χ2v) is 7.28. The number of urea groups is 1. The van der Waals surface area contributed by atoms with Crippen molar-refractivity contribution >= 4 is 44.2 Å². The molecule has 102 valence electrons. The van der Waals surface area contributed by atoms with E-state index >= 15 is 0 Å². The van der Waals surface area contributed by atoms with Crippen LogP contribution in [0.3, 0.4) is 0 Å². The fraction of sp³-hybridized carbons (Fsp3) is 0.364. The van der Waals surface area contributed by atoms with E-state index < -0.39 is 6.03 Å². The van der Waals surface area contributed by atoms with Crippen molar-refractivity contribution in [2.24, 2.45) is 0 Å². The molecule has 0 aliphatic carbocycles. The van der Waals surface area contributed by atoms with E-state index in [0.717, 1.165) is 3.79 Å². The van der Waals surface area contributed by atoms with Gasteiger partial charge in [-0.3, -0.25) is 10.6 Å². The largest absolute Gasteiger partial charge is 0.359 e. The molecule has 6 nitrogen and oxygen atoms in total. The molecule has 2 aromatic rings. The maximum Gasteiger partial charge on any atom is 0.326 e. The number of carbonyl (C=O) groups excluding carboxylic acids is 1. The number of amides is 2. The van der Waals surface area contributed by atoms with Gasteiger partial charge in [-0.05, 0) is 15.9 Å². The fourth-order valence-electron chi connectivity index (χ4n) is 1.24. The molecule has 0 aliphatic heterocycles. The molecule has 0 radical (unpaired) electrons. The van der Waals surface area contributed by atoms with E-state index in [1.165, 1.54) is 11.3 Å². The summed E-state index contributed by atoms with van der Waals surface area (Å²) in [6.45, 7) is 6.01. The Morgan fingerprint density at radius 3 is 2.68 bits per heavy atom. The van der Waals surface area contributed by atoms with E-state index in [1.54, 1.807) is 12.3 Å². The van der Waals surface area contributed by atoms with E-state index in [4.69, 9.17) is 4.52 Å². The zero-order chi connectivity index (χ0) is 14.0. The number of nitrogens with zero attached hydrogens (tertiary/aromatic N) is 2. The topological polar surface area (TPSA) is 80.0 Å². The van der Waals surface area contributed by atoms with Gasteiger partial charge in [0.2, 0.25) is 0 Å². The molecule has 0 saturated heterocycles. The summed E-state index contributed by atoms with van der Waals surface area (Å²) in [7, 11) is 0. The zero-order valence-corrected chi connectivity index (χ0v) is 13.1. The molecule has 0 bridgehead atoms. The van der Waals surface area contributed by atoms with E-state index in [2.05, 4.69) is 36.7 Å². The average Bonchev–Trinajstić information content (AvgIpc) is 2.87. The monoisotopic (exact) mass is 344 g/mol. The van der Waals surface area contributed by atoms with Crippen LogP contribution in [0.4, 0.5) is 15.7 Å². The summed E-state index contributed by atoms with van der Waals surface area (Å²) in [5.74, 6) is 1.08. The first-order chi connectivity index (χ1) is 8.84. The molecule has 0 aromatic carbocycles. The van der Waals surface area contributed by atoms with Crippen molar-refractivity contribution in [3.63, 3.8) is 0 Å². The first-order valence-electron chi connectivity index (χ1n) is 5.51. The summed E-state index contributed by atoms with van der Waals surface area (Å²) in [5.41, 5.74) is -0.149.